The van der Waals surface area contributed by atoms with Gasteiger partial charge in [-0.25, -0.2) is 24.9 Å². The summed E-state index contributed by atoms with van der Waals surface area (Å²) in [6.07, 6.45) is 12.9. The fraction of sp³-hybridized carbons (Fsp3) is 0.439. The van der Waals surface area contributed by atoms with Crippen LogP contribution in [0.5, 0.6) is 0 Å². The Morgan fingerprint density at radius 1 is 0.750 bits per heavy atom. The van der Waals surface area contributed by atoms with E-state index in [-0.39, 0.29) is 42.4 Å². The summed E-state index contributed by atoms with van der Waals surface area (Å²) in [6.45, 7) is 11.8. The van der Waals surface area contributed by atoms with Crippen LogP contribution in [0, 0.1) is 11.8 Å². The lowest BCUT2D eigenvalue weighted by Gasteiger charge is -2.24. The standard InChI is InChI=1S/C25H27BrN6O2.C16H20N4O2/c1-25(2)33-20-15(6-4-13-3-5-14-10-17(26)23(28)31-18(14)9-13)11-19(21(20)34-25)32-8-7-16-22(27)29-12-30-24(16)32;1-4-9-7-11(13-12(9)21-16(2,3)22-13)20-6-5-10-14(17)18-8-19-15(10)20/h3,5,7-10,12,15,19-21H,4,6,11H2,1-2H3,(H2,28,31)(H2,27,29,30);4-6,8-9,11-13H,1,7H2,2-3H3,(H2,17,18,19)/t15-,19+,20+,21-;9-,11+,12+,13-/m00/s1. The molecule has 2 aliphatic carbocycles. The molecule has 7 heterocycles. The first-order valence-electron chi connectivity index (χ1n) is 19.1. The number of pyridine rings is 1. The topological polar surface area (TPSA) is 189 Å². The van der Waals surface area contributed by atoms with Crippen LogP contribution in [0.1, 0.15) is 64.6 Å². The van der Waals surface area contributed by atoms with Crippen LogP contribution in [0.2, 0.25) is 0 Å². The fourth-order valence-electron chi connectivity index (χ4n) is 9.33. The Hall–Kier alpha value is -4.67. The van der Waals surface area contributed by atoms with Crippen LogP contribution in [-0.4, -0.2) is 70.0 Å². The van der Waals surface area contributed by atoms with Crippen molar-refractivity contribution in [1.29, 1.82) is 0 Å². The predicted octanol–water partition coefficient (Wildman–Crippen LogP) is 6.90. The Labute approximate surface area is 332 Å². The lowest BCUT2D eigenvalue weighted by molar-refractivity contribution is -0.160. The number of nitrogens with zero attached hydrogens (tertiary/aromatic N) is 7. The Bertz CT molecular complexity index is 2470. The van der Waals surface area contributed by atoms with Gasteiger partial charge in [-0.1, -0.05) is 18.2 Å². The van der Waals surface area contributed by atoms with E-state index in [4.69, 9.17) is 36.1 Å². The van der Waals surface area contributed by atoms with Crippen molar-refractivity contribution in [2.75, 3.05) is 17.2 Å². The molecule has 10 rings (SSSR count). The summed E-state index contributed by atoms with van der Waals surface area (Å²) in [6, 6.07) is 12.7. The van der Waals surface area contributed by atoms with Crippen LogP contribution in [0.3, 0.4) is 0 Å². The molecule has 15 heteroatoms. The maximum Gasteiger partial charge on any atom is 0.163 e. The molecule has 6 aromatic rings. The summed E-state index contributed by atoms with van der Waals surface area (Å²) in [5, 5.41) is 2.82. The fourth-order valence-corrected chi connectivity index (χ4v) is 9.67. The van der Waals surface area contributed by atoms with E-state index in [1.54, 1.807) is 0 Å². The molecule has 4 aliphatic rings. The number of aryl methyl sites for hydroxylation is 1. The SMILES string of the molecule is C=C[C@H]1C[C@@H](n2ccc3c(N)ncnc32)[C@@H]2OC(C)(C)O[C@@H]21.CC1(C)O[C@@H]2[C@@H](CCc3ccc4cc(Br)c(N)nc4c3)C[C@@H](n3ccc4c(N)ncnc43)[C@@H]2O1. The molecule has 56 heavy (non-hydrogen) atoms. The van der Waals surface area contributed by atoms with E-state index in [9.17, 15) is 0 Å². The number of nitrogen functional groups attached to an aromatic ring is 3. The zero-order valence-electron chi connectivity index (χ0n) is 31.9. The third-order valence-corrected chi connectivity index (χ3v) is 12.4. The Kier molecular flexibility index (Phi) is 9.08. The molecule has 14 nitrogen and oxygen atoms in total. The van der Waals surface area contributed by atoms with Crippen molar-refractivity contribution in [2.45, 2.75) is 101 Å². The van der Waals surface area contributed by atoms with Gasteiger partial charge in [-0.2, -0.15) is 0 Å². The number of rotatable bonds is 6. The van der Waals surface area contributed by atoms with Gasteiger partial charge in [0, 0.05) is 23.7 Å². The van der Waals surface area contributed by atoms with Gasteiger partial charge in [-0.15, -0.1) is 6.58 Å². The number of benzene rings is 1. The monoisotopic (exact) mass is 822 g/mol. The Morgan fingerprint density at radius 3 is 1.95 bits per heavy atom. The molecule has 2 saturated carbocycles. The maximum atomic E-state index is 6.41. The number of anilines is 3. The highest BCUT2D eigenvalue weighted by Crippen LogP contribution is 2.50. The van der Waals surface area contributed by atoms with Crippen LogP contribution in [0.4, 0.5) is 17.5 Å². The zero-order valence-corrected chi connectivity index (χ0v) is 33.5. The summed E-state index contributed by atoms with van der Waals surface area (Å²) in [5.74, 6) is 0.959. The molecule has 8 atom stereocenters. The van der Waals surface area contributed by atoms with Gasteiger partial charge in [0.1, 0.15) is 53.6 Å². The van der Waals surface area contributed by atoms with Crippen LogP contribution >= 0.6 is 15.9 Å². The highest BCUT2D eigenvalue weighted by Gasteiger charge is 2.55. The van der Waals surface area contributed by atoms with Crippen LogP contribution in [-0.2, 0) is 25.4 Å². The van der Waals surface area contributed by atoms with E-state index < -0.39 is 11.6 Å². The molecule has 0 radical (unpaired) electrons. The molecule has 5 aromatic heterocycles. The van der Waals surface area contributed by atoms with Crippen molar-refractivity contribution in [3.8, 4) is 0 Å². The van der Waals surface area contributed by atoms with E-state index in [1.807, 2.05) is 64.4 Å². The van der Waals surface area contributed by atoms with Gasteiger partial charge in [-0.05, 0) is 105 Å². The van der Waals surface area contributed by atoms with Crippen molar-refractivity contribution in [2.24, 2.45) is 11.8 Å². The molecule has 2 aliphatic heterocycles. The molecular formula is C41H47BrN10O4. The number of halogens is 1. The van der Waals surface area contributed by atoms with Crippen molar-refractivity contribution in [3.63, 3.8) is 0 Å². The molecule has 6 N–H and O–H groups in total. The van der Waals surface area contributed by atoms with Crippen LogP contribution < -0.4 is 17.2 Å². The number of aromatic nitrogens is 7. The average molecular weight is 824 g/mol. The van der Waals surface area contributed by atoms with Gasteiger partial charge in [0.05, 0.1) is 45.1 Å². The van der Waals surface area contributed by atoms with E-state index >= 15 is 0 Å². The van der Waals surface area contributed by atoms with Gasteiger partial charge in [-0.3, -0.25) is 0 Å². The first-order chi connectivity index (χ1) is 26.8. The minimum Gasteiger partial charge on any atom is -0.383 e. The van der Waals surface area contributed by atoms with E-state index in [0.29, 0.717) is 23.4 Å². The molecule has 0 amide bonds. The minimum atomic E-state index is -0.610. The summed E-state index contributed by atoms with van der Waals surface area (Å²) >= 11 is 3.46. The third-order valence-electron chi connectivity index (χ3n) is 11.8. The predicted molar refractivity (Wildman–Crippen MR) is 218 cm³/mol. The number of nitrogens with two attached hydrogens (primary N) is 3. The van der Waals surface area contributed by atoms with Crippen molar-refractivity contribution >= 4 is 66.4 Å². The summed E-state index contributed by atoms with van der Waals surface area (Å²) < 4.78 is 30.2. The van der Waals surface area contributed by atoms with Crippen LogP contribution in [0.25, 0.3) is 33.0 Å². The number of fused-ring (bicyclic) bond motifs is 5. The van der Waals surface area contributed by atoms with E-state index in [1.165, 1.54) is 18.2 Å². The third kappa shape index (κ3) is 6.48. The molecule has 0 spiro atoms. The summed E-state index contributed by atoms with van der Waals surface area (Å²) in [5.41, 5.74) is 21.9. The zero-order chi connectivity index (χ0) is 39.1. The Balaban J connectivity index is 0.000000161. The normalized spacial score (nSPS) is 28.7. The van der Waals surface area contributed by atoms with Crippen LogP contribution in [0.15, 0.2) is 78.6 Å². The minimum absolute atomic E-state index is 0.00945. The number of hydrogen-bond donors (Lipinski definition) is 3. The molecule has 292 valence electrons. The highest BCUT2D eigenvalue weighted by molar-refractivity contribution is 9.10. The first kappa shape index (κ1) is 36.9. The molecule has 2 saturated heterocycles. The second-order valence-electron chi connectivity index (χ2n) is 16.3. The highest BCUT2D eigenvalue weighted by atomic mass is 79.9. The largest absolute Gasteiger partial charge is 0.383 e. The lowest BCUT2D eigenvalue weighted by Crippen LogP contribution is -2.27. The quantitative estimate of drug-likeness (QED) is 0.148. The van der Waals surface area contributed by atoms with E-state index in [2.05, 4.69) is 74.8 Å². The van der Waals surface area contributed by atoms with Crippen molar-refractivity contribution in [1.82, 2.24) is 34.1 Å². The summed E-state index contributed by atoms with van der Waals surface area (Å²) in [4.78, 5) is 21.6. The average Bonchev–Trinajstić information content (AvgIpc) is 4.00. The van der Waals surface area contributed by atoms with Gasteiger partial charge in [0.15, 0.2) is 11.6 Å². The van der Waals surface area contributed by atoms with Crippen molar-refractivity contribution < 1.29 is 18.9 Å². The summed E-state index contributed by atoms with van der Waals surface area (Å²) in [7, 11) is 0. The van der Waals surface area contributed by atoms with Gasteiger partial charge < -0.3 is 45.3 Å². The smallest absolute Gasteiger partial charge is 0.163 e. The van der Waals surface area contributed by atoms with Gasteiger partial charge in [0.25, 0.3) is 0 Å². The van der Waals surface area contributed by atoms with Gasteiger partial charge in [0.2, 0.25) is 0 Å². The van der Waals surface area contributed by atoms with Gasteiger partial charge >= 0.3 is 0 Å². The first-order valence-corrected chi connectivity index (χ1v) is 19.9. The second kappa shape index (κ2) is 13.8. The lowest BCUT2D eigenvalue weighted by atomic mass is 9.95. The molecule has 4 fully saturated rings. The molecule has 0 unspecified atom stereocenters. The second-order valence-corrected chi connectivity index (χ2v) is 17.1. The van der Waals surface area contributed by atoms with E-state index in [0.717, 1.165) is 63.1 Å². The number of ether oxygens (including phenoxy) is 4. The Morgan fingerprint density at radius 2 is 1.32 bits per heavy atom. The molecule has 0 bridgehead atoms. The number of hydrogen-bond acceptors (Lipinski definition) is 12. The van der Waals surface area contributed by atoms with Crippen molar-refractivity contribution in [3.05, 3.63) is 84.1 Å². The molecule has 1 aromatic carbocycles. The molecular weight excluding hydrogens is 776 g/mol. The maximum absolute atomic E-state index is 6.41.